The minimum absolute atomic E-state index is 0.225. The summed E-state index contributed by atoms with van der Waals surface area (Å²) in [6, 6.07) is 8.94. The van der Waals surface area contributed by atoms with Gasteiger partial charge < -0.3 is 4.90 Å². The predicted octanol–water partition coefficient (Wildman–Crippen LogP) is 4.54. The van der Waals surface area contributed by atoms with Gasteiger partial charge in [0.15, 0.2) is 11.6 Å². The van der Waals surface area contributed by atoms with E-state index in [0.717, 1.165) is 21.3 Å². The Bertz CT molecular complexity index is 688. The lowest BCUT2D eigenvalue weighted by atomic mass is 10.1. The van der Waals surface area contributed by atoms with Crippen molar-refractivity contribution in [1.29, 1.82) is 0 Å². The van der Waals surface area contributed by atoms with Gasteiger partial charge in [0, 0.05) is 21.9 Å². The molecule has 0 saturated carbocycles. The van der Waals surface area contributed by atoms with Gasteiger partial charge in [-0.05, 0) is 60.2 Å². The number of nitrogens with zero attached hydrogens (tertiary/aromatic N) is 1. The maximum atomic E-state index is 13.4. The molecule has 0 aliphatic carbocycles. The van der Waals surface area contributed by atoms with E-state index in [9.17, 15) is 13.6 Å². The van der Waals surface area contributed by atoms with Crippen LogP contribution in [0.2, 0.25) is 0 Å². The summed E-state index contributed by atoms with van der Waals surface area (Å²) in [6.45, 7) is 4.09. The van der Waals surface area contributed by atoms with Crippen molar-refractivity contribution in [3.63, 3.8) is 0 Å². The predicted molar refractivity (Wildman–Crippen MR) is 87.6 cm³/mol. The molecule has 0 heterocycles. The molecule has 2 rings (SSSR count). The lowest BCUT2D eigenvalue weighted by Crippen LogP contribution is -2.31. The first-order chi connectivity index (χ1) is 9.95. The largest absolute Gasteiger partial charge is 0.309 e. The zero-order valence-electron chi connectivity index (χ0n) is 11.7. The zero-order chi connectivity index (χ0) is 15.6. The van der Waals surface area contributed by atoms with Crippen molar-refractivity contribution in [3.05, 3.63) is 62.7 Å². The van der Waals surface area contributed by atoms with Crippen LogP contribution in [0.1, 0.15) is 22.8 Å². The Morgan fingerprint density at radius 2 is 1.90 bits per heavy atom. The molecule has 0 atom stereocenters. The second-order valence-corrected chi connectivity index (χ2v) is 5.66. The van der Waals surface area contributed by atoms with Gasteiger partial charge in [-0.15, -0.1) is 0 Å². The van der Waals surface area contributed by atoms with E-state index in [0.29, 0.717) is 17.8 Å². The Balaban J connectivity index is 2.43. The highest BCUT2D eigenvalue weighted by Crippen LogP contribution is 2.23. The molecule has 2 aromatic rings. The molecule has 0 bridgehead atoms. The van der Waals surface area contributed by atoms with Crippen molar-refractivity contribution in [2.24, 2.45) is 0 Å². The van der Waals surface area contributed by atoms with E-state index in [1.165, 1.54) is 11.0 Å². The summed E-state index contributed by atoms with van der Waals surface area (Å²) in [6.07, 6.45) is 0. The van der Waals surface area contributed by atoms with Crippen LogP contribution in [-0.4, -0.2) is 12.5 Å². The molecular weight excluding hydrogens is 387 g/mol. The van der Waals surface area contributed by atoms with Crippen molar-refractivity contribution in [2.45, 2.75) is 13.8 Å². The molecule has 1 amide bonds. The van der Waals surface area contributed by atoms with Crippen LogP contribution < -0.4 is 4.90 Å². The van der Waals surface area contributed by atoms with Gasteiger partial charge >= 0.3 is 0 Å². The van der Waals surface area contributed by atoms with Gasteiger partial charge in [0.25, 0.3) is 5.91 Å². The summed E-state index contributed by atoms with van der Waals surface area (Å²) in [5.74, 6) is -2.11. The maximum Gasteiger partial charge on any atom is 0.259 e. The van der Waals surface area contributed by atoms with Gasteiger partial charge in [-0.25, -0.2) is 8.78 Å². The highest BCUT2D eigenvalue weighted by Gasteiger charge is 2.20. The highest BCUT2D eigenvalue weighted by molar-refractivity contribution is 14.1. The lowest BCUT2D eigenvalue weighted by Gasteiger charge is -2.22. The normalized spacial score (nSPS) is 10.5. The number of carbonyl (C=O) groups is 1. The molecule has 2 nitrogen and oxygen atoms in total. The van der Waals surface area contributed by atoms with E-state index in [1.54, 1.807) is 13.0 Å². The molecule has 0 radical (unpaired) electrons. The minimum Gasteiger partial charge on any atom is -0.309 e. The van der Waals surface area contributed by atoms with Crippen LogP contribution in [0.4, 0.5) is 14.5 Å². The standard InChI is InChI=1S/C16H14F2INO/c1-3-20(11-7-8-13(17)14(18)9-11)16(21)12-6-4-5-10(2)15(12)19/h4-9H,3H2,1-2H3. The molecular formula is C16H14F2INO. The first-order valence-corrected chi connectivity index (χ1v) is 7.55. The van der Waals surface area contributed by atoms with E-state index in [4.69, 9.17) is 0 Å². The van der Waals surface area contributed by atoms with E-state index >= 15 is 0 Å². The van der Waals surface area contributed by atoms with Crippen molar-refractivity contribution in [2.75, 3.05) is 11.4 Å². The summed E-state index contributed by atoms with van der Waals surface area (Å²) in [5.41, 5.74) is 1.91. The monoisotopic (exact) mass is 401 g/mol. The number of carbonyl (C=O) groups excluding carboxylic acids is 1. The van der Waals surface area contributed by atoms with Crippen LogP contribution >= 0.6 is 22.6 Å². The van der Waals surface area contributed by atoms with E-state index in [2.05, 4.69) is 22.6 Å². The number of amides is 1. The van der Waals surface area contributed by atoms with Crippen molar-refractivity contribution in [3.8, 4) is 0 Å². The smallest absolute Gasteiger partial charge is 0.259 e. The average Bonchev–Trinajstić information content (AvgIpc) is 2.46. The minimum atomic E-state index is -0.960. The number of hydrogen-bond acceptors (Lipinski definition) is 1. The van der Waals surface area contributed by atoms with Gasteiger partial charge in [-0.2, -0.15) is 0 Å². The van der Waals surface area contributed by atoms with E-state index in [1.807, 2.05) is 19.1 Å². The second kappa shape index (κ2) is 6.51. The molecule has 21 heavy (non-hydrogen) atoms. The third-order valence-corrected chi connectivity index (χ3v) is 4.63. The number of aryl methyl sites for hydroxylation is 1. The Labute approximate surface area is 135 Å². The summed E-state index contributed by atoms with van der Waals surface area (Å²) < 4.78 is 27.3. The molecule has 5 heteroatoms. The van der Waals surface area contributed by atoms with Gasteiger partial charge in [0.05, 0.1) is 5.56 Å². The van der Waals surface area contributed by atoms with Crippen LogP contribution in [-0.2, 0) is 0 Å². The SMILES string of the molecule is CCN(C(=O)c1cccc(C)c1I)c1ccc(F)c(F)c1. The molecule has 0 unspecified atom stereocenters. The lowest BCUT2D eigenvalue weighted by molar-refractivity contribution is 0.0987. The summed E-state index contributed by atoms with van der Waals surface area (Å²) in [7, 11) is 0. The van der Waals surface area contributed by atoms with Crippen LogP contribution in [0.3, 0.4) is 0 Å². The molecule has 0 aromatic heterocycles. The molecule has 2 aromatic carbocycles. The third-order valence-electron chi connectivity index (χ3n) is 3.20. The molecule has 0 aliphatic rings. The Kier molecular flexibility index (Phi) is 4.92. The second-order valence-electron chi connectivity index (χ2n) is 4.58. The van der Waals surface area contributed by atoms with Gasteiger partial charge in [-0.3, -0.25) is 4.79 Å². The zero-order valence-corrected chi connectivity index (χ0v) is 13.8. The van der Waals surface area contributed by atoms with Crippen LogP contribution in [0.5, 0.6) is 0 Å². The Hall–Kier alpha value is -1.50. The maximum absolute atomic E-state index is 13.4. The number of halogens is 3. The summed E-state index contributed by atoms with van der Waals surface area (Å²) >= 11 is 2.12. The number of benzene rings is 2. The Morgan fingerprint density at radius 1 is 1.19 bits per heavy atom. The fourth-order valence-corrected chi connectivity index (χ4v) is 2.64. The summed E-state index contributed by atoms with van der Waals surface area (Å²) in [4.78, 5) is 14.1. The van der Waals surface area contributed by atoms with E-state index in [-0.39, 0.29) is 5.91 Å². The first kappa shape index (κ1) is 15.9. The van der Waals surface area contributed by atoms with Gasteiger partial charge in [0.1, 0.15) is 0 Å². The Morgan fingerprint density at radius 3 is 2.52 bits per heavy atom. The fraction of sp³-hybridized carbons (Fsp3) is 0.188. The topological polar surface area (TPSA) is 20.3 Å². The van der Waals surface area contributed by atoms with Crippen molar-refractivity contribution < 1.29 is 13.6 Å². The number of hydrogen-bond donors (Lipinski definition) is 0. The summed E-state index contributed by atoms with van der Waals surface area (Å²) in [5, 5.41) is 0. The number of rotatable bonds is 3. The van der Waals surface area contributed by atoms with Crippen LogP contribution in [0.25, 0.3) is 0 Å². The van der Waals surface area contributed by atoms with Gasteiger partial charge in [0.2, 0.25) is 0 Å². The molecule has 0 spiro atoms. The van der Waals surface area contributed by atoms with Crippen LogP contribution in [0, 0.1) is 22.1 Å². The average molecular weight is 401 g/mol. The highest BCUT2D eigenvalue weighted by atomic mass is 127. The van der Waals surface area contributed by atoms with Crippen molar-refractivity contribution in [1.82, 2.24) is 0 Å². The molecule has 110 valence electrons. The van der Waals surface area contributed by atoms with Crippen molar-refractivity contribution >= 4 is 34.2 Å². The molecule has 0 saturated heterocycles. The van der Waals surface area contributed by atoms with Crippen LogP contribution in [0.15, 0.2) is 36.4 Å². The molecule has 0 N–H and O–H groups in total. The van der Waals surface area contributed by atoms with Gasteiger partial charge in [-0.1, -0.05) is 12.1 Å². The third kappa shape index (κ3) is 3.23. The first-order valence-electron chi connectivity index (χ1n) is 6.47. The quantitative estimate of drug-likeness (QED) is 0.692. The van der Waals surface area contributed by atoms with E-state index < -0.39 is 11.6 Å². The molecule has 0 aliphatic heterocycles. The molecule has 0 fully saturated rings. The fourth-order valence-electron chi connectivity index (χ4n) is 2.05. The number of anilines is 1.